The van der Waals surface area contributed by atoms with Gasteiger partial charge >= 0.3 is 0 Å². The number of guanidine groups is 1. The van der Waals surface area contributed by atoms with E-state index < -0.39 is 60.1 Å². The predicted octanol–water partition coefficient (Wildman–Crippen LogP) is 1.50. The van der Waals surface area contributed by atoms with Gasteiger partial charge in [0.25, 0.3) is 5.91 Å². The second-order valence-corrected chi connectivity index (χ2v) is 13.2. The summed E-state index contributed by atoms with van der Waals surface area (Å²) < 4.78 is 22.7. The van der Waals surface area contributed by atoms with Crippen LogP contribution in [0.1, 0.15) is 30.5 Å². The normalized spacial score (nSPS) is 25.7. The van der Waals surface area contributed by atoms with E-state index in [0.29, 0.717) is 28.2 Å². The van der Waals surface area contributed by atoms with Gasteiger partial charge in [0.05, 0.1) is 39.2 Å². The van der Waals surface area contributed by atoms with E-state index in [4.69, 9.17) is 23.9 Å². The van der Waals surface area contributed by atoms with Crippen LogP contribution in [0.4, 0.5) is 0 Å². The number of hydrogen-bond acceptors (Lipinski definition) is 12. The van der Waals surface area contributed by atoms with E-state index in [2.05, 4.69) is 10.3 Å². The van der Waals surface area contributed by atoms with Gasteiger partial charge in [0.1, 0.15) is 36.0 Å². The van der Waals surface area contributed by atoms with Crippen LogP contribution in [0.2, 0.25) is 0 Å². The Morgan fingerprint density at radius 1 is 0.923 bits per heavy atom. The summed E-state index contributed by atoms with van der Waals surface area (Å²) in [7, 11) is 4.67. The highest BCUT2D eigenvalue weighted by molar-refractivity contribution is 6.09. The predicted molar refractivity (Wildman–Crippen MR) is 191 cm³/mol. The molecule has 4 unspecified atom stereocenters. The molecule has 6 rings (SSSR count). The van der Waals surface area contributed by atoms with Crippen LogP contribution in [0.25, 0.3) is 0 Å². The number of ether oxygens (including phenoxy) is 4. The van der Waals surface area contributed by atoms with Crippen molar-refractivity contribution in [1.29, 1.82) is 0 Å². The average molecular weight is 716 g/mol. The summed E-state index contributed by atoms with van der Waals surface area (Å²) >= 11 is 0. The Morgan fingerprint density at radius 2 is 1.50 bits per heavy atom. The Balaban J connectivity index is 1.72. The van der Waals surface area contributed by atoms with Crippen LogP contribution in [0.5, 0.6) is 11.5 Å². The molecule has 3 aliphatic rings. The quantitative estimate of drug-likeness (QED) is 0.200. The molecule has 6 atom stereocenters. The summed E-state index contributed by atoms with van der Waals surface area (Å²) in [5.41, 5.74) is -1.39. The fourth-order valence-corrected chi connectivity index (χ4v) is 7.50. The summed E-state index contributed by atoms with van der Waals surface area (Å²) in [6.45, 7) is 3.14. The largest absolute Gasteiger partial charge is 0.497 e. The van der Waals surface area contributed by atoms with Crippen LogP contribution in [-0.4, -0.2) is 127 Å². The van der Waals surface area contributed by atoms with Crippen molar-refractivity contribution in [1.82, 2.24) is 15.1 Å². The average Bonchev–Trinajstić information content (AvgIpc) is 3.70. The molecule has 14 heteroatoms. The molecule has 0 bridgehead atoms. The second kappa shape index (κ2) is 15.0. The molecule has 0 aromatic heterocycles. The van der Waals surface area contributed by atoms with Crippen molar-refractivity contribution in [3.05, 3.63) is 95.6 Å². The number of fused-ring (bicyclic) bond motifs is 1. The summed E-state index contributed by atoms with van der Waals surface area (Å²) in [6.07, 6.45) is -5.09. The number of benzene rings is 3. The van der Waals surface area contributed by atoms with Crippen LogP contribution in [0.15, 0.2) is 88.8 Å². The molecular formula is C38H45N5O9. The third kappa shape index (κ3) is 5.90. The summed E-state index contributed by atoms with van der Waals surface area (Å²) in [6, 6.07) is 24.2. The lowest BCUT2D eigenvalue weighted by molar-refractivity contribution is -0.139. The first-order valence-electron chi connectivity index (χ1n) is 17.1. The van der Waals surface area contributed by atoms with Gasteiger partial charge in [0.2, 0.25) is 11.9 Å². The van der Waals surface area contributed by atoms with Crippen molar-refractivity contribution in [2.24, 2.45) is 15.9 Å². The number of nitrogens with zero attached hydrogens (tertiary/aromatic N) is 4. The molecule has 0 radical (unpaired) electrons. The van der Waals surface area contributed by atoms with Gasteiger partial charge in [-0.05, 0) is 41.0 Å². The van der Waals surface area contributed by atoms with Crippen LogP contribution >= 0.6 is 0 Å². The minimum atomic E-state index is -1.90. The molecule has 4 N–H and O–H groups in total. The Labute approximate surface area is 302 Å². The molecule has 0 saturated carbocycles. The molecule has 1 fully saturated rings. The first kappa shape index (κ1) is 36.9. The first-order valence-corrected chi connectivity index (χ1v) is 17.1. The number of rotatable bonds is 12. The van der Waals surface area contributed by atoms with E-state index >= 15 is 4.79 Å². The third-order valence-corrected chi connectivity index (χ3v) is 10.1. The van der Waals surface area contributed by atoms with Crippen molar-refractivity contribution in [3.63, 3.8) is 0 Å². The van der Waals surface area contributed by atoms with Gasteiger partial charge in [-0.25, -0.2) is 0 Å². The number of amides is 2. The molecule has 3 aliphatic heterocycles. The number of hydrogen-bond donors (Lipinski definition) is 4. The molecule has 3 aromatic rings. The number of aliphatic hydroxyl groups is 3. The van der Waals surface area contributed by atoms with Gasteiger partial charge in [0.15, 0.2) is 11.8 Å². The van der Waals surface area contributed by atoms with Gasteiger partial charge in [-0.3, -0.25) is 19.9 Å². The van der Waals surface area contributed by atoms with Crippen LogP contribution in [0, 0.1) is 5.92 Å². The van der Waals surface area contributed by atoms with Crippen LogP contribution < -0.4 is 14.8 Å². The van der Waals surface area contributed by atoms with Crippen molar-refractivity contribution >= 4 is 24.1 Å². The summed E-state index contributed by atoms with van der Waals surface area (Å²) in [5, 5.41) is 35.2. The minimum absolute atomic E-state index is 0.0324. The van der Waals surface area contributed by atoms with Crippen LogP contribution in [0.3, 0.4) is 0 Å². The highest BCUT2D eigenvalue weighted by Gasteiger charge is 2.71. The third-order valence-electron chi connectivity index (χ3n) is 10.1. The zero-order valence-electron chi connectivity index (χ0n) is 29.7. The molecule has 1 saturated heterocycles. The standard InChI is InChI=1S/C38H45N5O9/c1-23(2)32(47)40-36-41-34(48)38(35(42(36)19-20-49-3)43(22-39-38)33-31(46)30(45)29(21-44)52-33)37(24-9-7-6-8-10-24,25-11-15-27(50-4)16-12-25)26-13-17-28(51-5)18-14-26/h6-18,22-23,29-31,33,35,44-46H,19-21H2,1-5H3,(H,40,41,47,48)/t29-,30?,31?,33-,35?,38?/m1/s1. The van der Waals surface area contributed by atoms with E-state index in [1.807, 2.05) is 54.6 Å². The fourth-order valence-electron chi connectivity index (χ4n) is 7.50. The smallest absolute Gasteiger partial charge is 0.282 e. The maximum atomic E-state index is 15.4. The first-order chi connectivity index (χ1) is 25.1. The maximum Gasteiger partial charge on any atom is 0.282 e. The Morgan fingerprint density at radius 3 is 2.00 bits per heavy atom. The number of aliphatic imine (C=N–C) groups is 2. The van der Waals surface area contributed by atoms with Crippen molar-refractivity contribution < 1.29 is 43.9 Å². The van der Waals surface area contributed by atoms with Gasteiger partial charge in [-0.2, -0.15) is 4.99 Å². The molecule has 52 heavy (non-hydrogen) atoms. The fraction of sp³-hybridized carbons (Fsp3) is 0.421. The highest BCUT2D eigenvalue weighted by Crippen LogP contribution is 2.56. The highest BCUT2D eigenvalue weighted by atomic mass is 16.6. The number of carbonyl (C=O) groups excluding carboxylic acids is 2. The maximum absolute atomic E-state index is 15.4. The van der Waals surface area contributed by atoms with Crippen molar-refractivity contribution in [2.45, 2.75) is 55.5 Å². The lowest BCUT2D eigenvalue weighted by Gasteiger charge is -2.55. The van der Waals surface area contributed by atoms with E-state index in [0.717, 1.165) is 0 Å². The topological polar surface area (TPSA) is 175 Å². The Bertz CT molecular complexity index is 1740. The Hall–Kier alpha value is -4.86. The number of carbonyl (C=O) groups is 2. The van der Waals surface area contributed by atoms with Crippen molar-refractivity contribution in [2.75, 3.05) is 41.1 Å². The molecule has 276 valence electrons. The van der Waals surface area contributed by atoms with E-state index in [1.54, 1.807) is 62.1 Å². The summed E-state index contributed by atoms with van der Waals surface area (Å²) in [5.74, 6) is -0.371. The van der Waals surface area contributed by atoms with Crippen molar-refractivity contribution in [3.8, 4) is 11.5 Å². The van der Waals surface area contributed by atoms with E-state index in [1.165, 1.54) is 13.4 Å². The lowest BCUT2D eigenvalue weighted by Crippen LogP contribution is -2.75. The van der Waals surface area contributed by atoms with E-state index in [9.17, 15) is 20.1 Å². The molecular weight excluding hydrogens is 670 g/mol. The van der Waals surface area contributed by atoms with Gasteiger partial charge in [-0.1, -0.05) is 68.4 Å². The van der Waals surface area contributed by atoms with Crippen LogP contribution in [-0.2, 0) is 24.5 Å². The SMILES string of the molecule is COCCN1C(NC(=O)C(C)C)=NC(=O)C2(C(c3ccccc3)(c3ccc(OC)cc3)c3ccc(OC)cc3)N=CN([C@@H]3O[C@H](CO)C(O)C3O)C12. The lowest BCUT2D eigenvalue weighted by atomic mass is 9.56. The van der Waals surface area contributed by atoms with Gasteiger partial charge < -0.3 is 44.1 Å². The number of aliphatic hydroxyl groups excluding tert-OH is 3. The monoisotopic (exact) mass is 715 g/mol. The summed E-state index contributed by atoms with van der Waals surface area (Å²) in [4.78, 5) is 41.8. The molecule has 3 heterocycles. The molecule has 0 aliphatic carbocycles. The molecule has 3 aromatic carbocycles. The second-order valence-electron chi connectivity index (χ2n) is 13.2. The molecule has 2 amide bonds. The van der Waals surface area contributed by atoms with Gasteiger partial charge in [0, 0.05) is 19.6 Å². The Kier molecular flexibility index (Phi) is 10.7. The molecule has 14 nitrogen and oxygen atoms in total. The zero-order chi connectivity index (χ0) is 37.2. The zero-order valence-corrected chi connectivity index (χ0v) is 29.7. The minimum Gasteiger partial charge on any atom is -0.497 e. The molecule has 0 spiro atoms. The number of nitrogens with one attached hydrogen (secondary N) is 1. The van der Waals surface area contributed by atoms with Gasteiger partial charge in [-0.15, -0.1) is 0 Å². The number of methoxy groups -OCH3 is 3. The van der Waals surface area contributed by atoms with E-state index in [-0.39, 0.29) is 25.0 Å².